The maximum atomic E-state index is 11.5. The van der Waals surface area contributed by atoms with Crippen LogP contribution in [-0.4, -0.2) is 23.6 Å². The van der Waals surface area contributed by atoms with Crippen molar-refractivity contribution in [3.8, 4) is 11.3 Å². The number of nitrogens with zero attached hydrogens (tertiary/aromatic N) is 1. The highest BCUT2D eigenvalue weighted by Crippen LogP contribution is 2.21. The van der Waals surface area contributed by atoms with Gasteiger partial charge in [0, 0.05) is 17.5 Å². The molecule has 0 aliphatic rings. The van der Waals surface area contributed by atoms with Gasteiger partial charge in [-0.3, -0.25) is 10.1 Å². The molecule has 1 atom stereocenters. The molecule has 0 aliphatic carbocycles. The molecule has 1 N–H and O–H groups in total. The lowest BCUT2D eigenvalue weighted by Crippen LogP contribution is -2.34. The van der Waals surface area contributed by atoms with E-state index in [0.29, 0.717) is 13.2 Å². The summed E-state index contributed by atoms with van der Waals surface area (Å²) >= 11 is 1.59. The predicted molar refractivity (Wildman–Crippen MR) is 80.5 cm³/mol. The van der Waals surface area contributed by atoms with Crippen LogP contribution in [0.15, 0.2) is 35.7 Å². The van der Waals surface area contributed by atoms with Crippen molar-refractivity contribution in [1.82, 2.24) is 10.3 Å². The molecule has 0 amide bonds. The highest BCUT2D eigenvalue weighted by Gasteiger charge is 2.13. The van der Waals surface area contributed by atoms with Gasteiger partial charge < -0.3 is 4.74 Å². The van der Waals surface area contributed by atoms with E-state index in [0.717, 1.165) is 16.3 Å². The van der Waals surface area contributed by atoms with E-state index in [4.69, 9.17) is 4.74 Å². The van der Waals surface area contributed by atoms with Crippen LogP contribution in [0.3, 0.4) is 0 Å². The van der Waals surface area contributed by atoms with Crippen molar-refractivity contribution in [1.29, 1.82) is 0 Å². The van der Waals surface area contributed by atoms with Crippen LogP contribution in [-0.2, 0) is 16.1 Å². The average Bonchev–Trinajstić information content (AvgIpc) is 2.95. The Morgan fingerprint density at radius 3 is 2.85 bits per heavy atom. The van der Waals surface area contributed by atoms with Crippen LogP contribution in [0.2, 0.25) is 0 Å². The van der Waals surface area contributed by atoms with Crippen LogP contribution < -0.4 is 5.32 Å². The number of rotatable bonds is 6. The van der Waals surface area contributed by atoms with Gasteiger partial charge in [-0.25, -0.2) is 4.98 Å². The molecule has 106 valence electrons. The van der Waals surface area contributed by atoms with Gasteiger partial charge >= 0.3 is 5.97 Å². The van der Waals surface area contributed by atoms with Crippen LogP contribution in [0.5, 0.6) is 0 Å². The average molecular weight is 290 g/mol. The van der Waals surface area contributed by atoms with Gasteiger partial charge in [0.1, 0.15) is 11.0 Å². The summed E-state index contributed by atoms with van der Waals surface area (Å²) in [4.78, 5) is 16.1. The summed E-state index contributed by atoms with van der Waals surface area (Å²) in [6, 6.07) is 9.73. The Morgan fingerprint density at radius 2 is 2.15 bits per heavy atom. The lowest BCUT2D eigenvalue weighted by atomic mass is 10.2. The van der Waals surface area contributed by atoms with Crippen LogP contribution in [0.1, 0.15) is 18.9 Å². The van der Waals surface area contributed by atoms with E-state index in [1.165, 1.54) is 0 Å². The van der Waals surface area contributed by atoms with E-state index in [9.17, 15) is 4.79 Å². The third-order valence-corrected chi connectivity index (χ3v) is 3.67. The molecule has 5 heteroatoms. The number of hydrogen-bond acceptors (Lipinski definition) is 5. The third-order valence-electron chi connectivity index (χ3n) is 2.82. The molecule has 0 saturated carbocycles. The largest absolute Gasteiger partial charge is 0.465 e. The molecule has 0 saturated heterocycles. The highest BCUT2D eigenvalue weighted by atomic mass is 32.1. The molecule has 1 aromatic carbocycles. The van der Waals surface area contributed by atoms with E-state index in [2.05, 4.69) is 10.3 Å². The molecule has 0 fully saturated rings. The molecule has 2 rings (SSSR count). The normalized spacial score (nSPS) is 12.1. The zero-order valence-electron chi connectivity index (χ0n) is 11.6. The summed E-state index contributed by atoms with van der Waals surface area (Å²) in [5, 5.41) is 6.11. The van der Waals surface area contributed by atoms with Crippen molar-refractivity contribution in [2.45, 2.75) is 26.4 Å². The molecule has 0 bridgehead atoms. The van der Waals surface area contributed by atoms with E-state index >= 15 is 0 Å². The summed E-state index contributed by atoms with van der Waals surface area (Å²) in [6.45, 7) is 4.57. The fourth-order valence-electron chi connectivity index (χ4n) is 1.72. The summed E-state index contributed by atoms with van der Waals surface area (Å²) in [5.74, 6) is -0.229. The van der Waals surface area contributed by atoms with Crippen molar-refractivity contribution < 1.29 is 9.53 Å². The maximum absolute atomic E-state index is 11.5. The van der Waals surface area contributed by atoms with E-state index < -0.39 is 0 Å². The number of thiazole rings is 1. The topological polar surface area (TPSA) is 51.2 Å². The predicted octanol–water partition coefficient (Wildman–Crippen LogP) is 2.85. The molecule has 0 radical (unpaired) electrons. The van der Waals surface area contributed by atoms with Crippen molar-refractivity contribution in [2.75, 3.05) is 6.61 Å². The van der Waals surface area contributed by atoms with E-state index in [-0.39, 0.29) is 12.0 Å². The number of ether oxygens (including phenoxy) is 1. The van der Waals surface area contributed by atoms with E-state index in [1.54, 1.807) is 25.2 Å². The smallest absolute Gasteiger partial charge is 0.322 e. The maximum Gasteiger partial charge on any atom is 0.322 e. The molecule has 20 heavy (non-hydrogen) atoms. The van der Waals surface area contributed by atoms with Gasteiger partial charge in [-0.2, -0.15) is 0 Å². The second-order valence-corrected chi connectivity index (χ2v) is 5.29. The monoisotopic (exact) mass is 290 g/mol. The quantitative estimate of drug-likeness (QED) is 0.831. The zero-order valence-corrected chi connectivity index (χ0v) is 12.4. The number of esters is 1. The van der Waals surface area contributed by atoms with Crippen LogP contribution in [0.25, 0.3) is 11.3 Å². The number of carbonyl (C=O) groups excluding carboxylic acids is 1. The molecule has 1 aromatic heterocycles. The first-order valence-corrected chi connectivity index (χ1v) is 7.48. The second kappa shape index (κ2) is 7.17. The van der Waals surface area contributed by atoms with Crippen LogP contribution >= 0.6 is 11.3 Å². The van der Waals surface area contributed by atoms with Gasteiger partial charge in [0.15, 0.2) is 0 Å². The molecule has 0 spiro atoms. The highest BCUT2D eigenvalue weighted by molar-refractivity contribution is 7.09. The second-order valence-electron chi connectivity index (χ2n) is 4.35. The summed E-state index contributed by atoms with van der Waals surface area (Å²) in [6.07, 6.45) is 0. The Morgan fingerprint density at radius 1 is 1.40 bits per heavy atom. The Labute approximate surface area is 122 Å². The minimum Gasteiger partial charge on any atom is -0.465 e. The van der Waals surface area contributed by atoms with Crippen LogP contribution in [0, 0.1) is 0 Å². The first-order chi connectivity index (χ1) is 9.70. The Bertz CT molecular complexity index is 554. The Hall–Kier alpha value is -1.72. The van der Waals surface area contributed by atoms with Gasteiger partial charge in [0.05, 0.1) is 12.3 Å². The summed E-state index contributed by atoms with van der Waals surface area (Å²) in [7, 11) is 0. The number of aromatic nitrogens is 1. The lowest BCUT2D eigenvalue weighted by molar-refractivity contribution is -0.145. The first-order valence-electron chi connectivity index (χ1n) is 6.60. The van der Waals surface area contributed by atoms with Gasteiger partial charge in [-0.1, -0.05) is 30.3 Å². The number of nitrogens with one attached hydrogen (secondary N) is 1. The standard InChI is InChI=1S/C15H18N2O2S/c1-3-19-15(18)11(2)16-9-14-17-13(10-20-14)12-7-5-4-6-8-12/h4-8,10-11,16H,3,9H2,1-2H3. The first kappa shape index (κ1) is 14.7. The van der Waals surface area contributed by atoms with Gasteiger partial charge in [-0.15, -0.1) is 11.3 Å². The number of carbonyl (C=O) groups is 1. The minimum atomic E-state index is -0.320. The van der Waals surface area contributed by atoms with Gasteiger partial charge in [0.25, 0.3) is 0 Å². The van der Waals surface area contributed by atoms with Crippen molar-refractivity contribution in [2.24, 2.45) is 0 Å². The van der Waals surface area contributed by atoms with E-state index in [1.807, 2.05) is 35.7 Å². The van der Waals surface area contributed by atoms with Crippen molar-refractivity contribution in [3.63, 3.8) is 0 Å². The molecule has 2 aromatic rings. The van der Waals surface area contributed by atoms with Crippen LogP contribution in [0.4, 0.5) is 0 Å². The molecule has 1 unspecified atom stereocenters. The number of hydrogen-bond donors (Lipinski definition) is 1. The zero-order chi connectivity index (χ0) is 14.4. The van der Waals surface area contributed by atoms with Gasteiger partial charge in [-0.05, 0) is 13.8 Å². The lowest BCUT2D eigenvalue weighted by Gasteiger charge is -2.10. The molecule has 4 nitrogen and oxygen atoms in total. The molecular formula is C15H18N2O2S. The SMILES string of the molecule is CCOC(=O)C(C)NCc1nc(-c2ccccc2)cs1. The molecule has 0 aliphatic heterocycles. The Kier molecular flexibility index (Phi) is 5.26. The Balaban J connectivity index is 1.92. The summed E-state index contributed by atoms with van der Waals surface area (Å²) < 4.78 is 4.95. The van der Waals surface area contributed by atoms with Gasteiger partial charge in [0.2, 0.25) is 0 Å². The minimum absolute atomic E-state index is 0.229. The molecule has 1 heterocycles. The molecular weight excluding hydrogens is 272 g/mol. The van der Waals surface area contributed by atoms with Crippen molar-refractivity contribution in [3.05, 3.63) is 40.7 Å². The fourth-order valence-corrected chi connectivity index (χ4v) is 2.48. The van der Waals surface area contributed by atoms with Crippen molar-refractivity contribution >= 4 is 17.3 Å². The summed E-state index contributed by atoms with van der Waals surface area (Å²) in [5.41, 5.74) is 2.07. The fraction of sp³-hybridized carbons (Fsp3) is 0.333. The third kappa shape index (κ3) is 3.88. The number of benzene rings is 1.